The maximum absolute atomic E-state index is 14.1. The second-order valence-corrected chi connectivity index (χ2v) is 17.2. The lowest BCUT2D eigenvalue weighted by Crippen LogP contribution is -2.50. The number of nitrogens with zero attached hydrogens (tertiary/aromatic N) is 1. The molecule has 2 N–H and O–H groups in total. The molecule has 0 aromatic carbocycles. The van der Waals surface area contributed by atoms with Crippen molar-refractivity contribution < 1.29 is 41.5 Å². The summed E-state index contributed by atoms with van der Waals surface area (Å²) in [7, 11) is -7.24. The van der Waals surface area contributed by atoms with E-state index in [2.05, 4.69) is 0 Å². The van der Waals surface area contributed by atoms with E-state index in [1.54, 1.807) is 20.8 Å². The lowest BCUT2D eigenvalue weighted by atomic mass is 10.1. The number of ether oxygens (including phenoxy) is 3. The third kappa shape index (κ3) is 6.61. The predicted molar refractivity (Wildman–Crippen MR) is 128 cm³/mol. The van der Waals surface area contributed by atoms with Crippen molar-refractivity contribution in [2.24, 2.45) is 0 Å². The first-order chi connectivity index (χ1) is 16.3. The number of hydrogen-bond donors (Lipinski definition) is 2. The van der Waals surface area contributed by atoms with Crippen molar-refractivity contribution in [2.75, 3.05) is 13.2 Å². The van der Waals surface area contributed by atoms with E-state index in [0.29, 0.717) is 0 Å². The van der Waals surface area contributed by atoms with Crippen molar-refractivity contribution in [2.45, 2.75) is 96.1 Å². The van der Waals surface area contributed by atoms with Gasteiger partial charge in [-0.15, -0.1) is 0 Å². The quantitative estimate of drug-likeness (QED) is 0.363. The molecule has 206 valence electrons. The summed E-state index contributed by atoms with van der Waals surface area (Å²) >= 11 is 0. The van der Waals surface area contributed by atoms with Gasteiger partial charge in [0.05, 0.1) is 25.5 Å². The summed E-state index contributed by atoms with van der Waals surface area (Å²) in [6.45, 7) is 14.7. The van der Waals surface area contributed by atoms with Crippen LogP contribution in [0.4, 0.5) is 4.39 Å². The second kappa shape index (κ2) is 10.2. The van der Waals surface area contributed by atoms with Crippen LogP contribution in [0, 0.1) is 5.82 Å². The van der Waals surface area contributed by atoms with E-state index < -0.39 is 69.6 Å². The number of phosphoric ester groups is 1. The van der Waals surface area contributed by atoms with Gasteiger partial charge >= 0.3 is 13.5 Å². The highest BCUT2D eigenvalue weighted by Crippen LogP contribution is 2.50. The number of phosphoric acid groups is 1. The van der Waals surface area contributed by atoms with Crippen LogP contribution in [0.3, 0.4) is 0 Å². The summed E-state index contributed by atoms with van der Waals surface area (Å²) in [6.07, 6.45) is -4.23. The summed E-state index contributed by atoms with van der Waals surface area (Å²) in [6, 6.07) is 0. The molecule has 0 aliphatic carbocycles. The van der Waals surface area contributed by atoms with E-state index in [1.807, 2.05) is 38.8 Å². The highest BCUT2D eigenvalue weighted by molar-refractivity contribution is 7.47. The van der Waals surface area contributed by atoms with Crippen LogP contribution in [0.15, 0.2) is 15.8 Å². The smallest absolute Gasteiger partial charge is 0.407 e. The van der Waals surface area contributed by atoms with Gasteiger partial charge in [-0.3, -0.25) is 23.4 Å². The van der Waals surface area contributed by atoms with Crippen molar-refractivity contribution >= 4 is 16.1 Å². The average Bonchev–Trinajstić information content (AvgIpc) is 3.21. The Kier molecular flexibility index (Phi) is 8.27. The minimum atomic E-state index is -4.66. The number of H-pyrrole nitrogens is 1. The maximum atomic E-state index is 14.1. The summed E-state index contributed by atoms with van der Waals surface area (Å²) in [5.41, 5.74) is -2.10. The lowest BCUT2D eigenvalue weighted by molar-refractivity contribution is -0.142. The summed E-state index contributed by atoms with van der Waals surface area (Å²) in [5.74, 6) is -2.03. The van der Waals surface area contributed by atoms with Crippen molar-refractivity contribution in [3.8, 4) is 0 Å². The number of aromatic amines is 1. The molecule has 0 amide bonds. The molecule has 2 aliphatic heterocycles. The Morgan fingerprint density at radius 2 is 1.94 bits per heavy atom. The summed E-state index contributed by atoms with van der Waals surface area (Å²) in [4.78, 5) is 36.4. The molecule has 1 aromatic rings. The fourth-order valence-electron chi connectivity index (χ4n) is 3.67. The Bertz CT molecular complexity index is 1120. The number of rotatable bonds is 8. The molecule has 36 heavy (non-hydrogen) atoms. The first kappa shape index (κ1) is 29.3. The summed E-state index contributed by atoms with van der Waals surface area (Å²) in [5, 5.41) is -0.291. The molecule has 0 bridgehead atoms. The van der Waals surface area contributed by atoms with Gasteiger partial charge < -0.3 is 23.5 Å². The Morgan fingerprint density at radius 1 is 1.31 bits per heavy atom. The first-order valence-electron chi connectivity index (χ1n) is 11.6. The van der Waals surface area contributed by atoms with Crippen LogP contribution in [0.1, 0.15) is 47.8 Å². The molecule has 1 unspecified atom stereocenters. The van der Waals surface area contributed by atoms with Gasteiger partial charge in [0.1, 0.15) is 18.3 Å². The summed E-state index contributed by atoms with van der Waals surface area (Å²) < 4.78 is 61.9. The lowest BCUT2D eigenvalue weighted by Gasteiger charge is -2.40. The first-order valence-corrected chi connectivity index (χ1v) is 16.0. The topological polar surface area (TPSA) is 148 Å². The van der Waals surface area contributed by atoms with Crippen molar-refractivity contribution in [3.05, 3.63) is 32.9 Å². The van der Waals surface area contributed by atoms with E-state index in [0.717, 1.165) is 10.8 Å². The molecule has 2 fully saturated rings. The molecule has 3 rings (SSSR count). The molecule has 2 saturated heterocycles. The van der Waals surface area contributed by atoms with Crippen LogP contribution in [0.2, 0.25) is 18.1 Å². The minimum absolute atomic E-state index is 0.176. The van der Waals surface area contributed by atoms with Gasteiger partial charge in [-0.1, -0.05) is 20.8 Å². The van der Waals surface area contributed by atoms with Crippen LogP contribution in [0.5, 0.6) is 0 Å². The average molecular weight is 555 g/mol. The molecule has 12 nitrogen and oxygen atoms in total. The Labute approximate surface area is 209 Å². The zero-order valence-electron chi connectivity index (χ0n) is 21.8. The van der Waals surface area contributed by atoms with Gasteiger partial charge in [-0.05, 0) is 38.9 Å². The Morgan fingerprint density at radius 3 is 2.50 bits per heavy atom. The fourth-order valence-corrected chi connectivity index (χ4v) is 5.97. The maximum Gasteiger partial charge on any atom is 0.472 e. The molecule has 0 spiro atoms. The second-order valence-electron chi connectivity index (χ2n) is 11.0. The van der Waals surface area contributed by atoms with E-state index >= 15 is 0 Å². The molecule has 0 radical (unpaired) electrons. The number of halogens is 1. The molecule has 0 saturated carbocycles. The van der Waals surface area contributed by atoms with Crippen molar-refractivity contribution in [3.63, 3.8) is 0 Å². The molecule has 3 heterocycles. The van der Waals surface area contributed by atoms with Crippen molar-refractivity contribution in [1.82, 2.24) is 9.55 Å². The highest BCUT2D eigenvalue weighted by atomic mass is 31.2. The van der Waals surface area contributed by atoms with E-state index in [1.165, 1.54) is 0 Å². The van der Waals surface area contributed by atoms with Crippen LogP contribution in [0.25, 0.3) is 0 Å². The number of aromatic nitrogens is 2. The van der Waals surface area contributed by atoms with Gasteiger partial charge in [0.15, 0.2) is 20.3 Å². The number of nitrogens with one attached hydrogen (secondary N) is 1. The largest absolute Gasteiger partial charge is 0.472 e. The predicted octanol–water partition coefficient (Wildman–Crippen LogP) is 2.64. The normalized spacial score (nSPS) is 30.4. The Hall–Kier alpha value is -1.22. The highest BCUT2D eigenvalue weighted by Gasteiger charge is 2.53. The van der Waals surface area contributed by atoms with Gasteiger partial charge in [0, 0.05) is 0 Å². The van der Waals surface area contributed by atoms with E-state index in [-0.39, 0.29) is 18.3 Å². The monoisotopic (exact) mass is 554 g/mol. The van der Waals surface area contributed by atoms with E-state index in [9.17, 15) is 23.4 Å². The Balaban J connectivity index is 1.88. The fraction of sp³-hybridized carbons (Fsp3) is 0.810. The zero-order valence-corrected chi connectivity index (χ0v) is 23.7. The standard InChI is InChI=1S/C21H36FN2O10PSi/c1-12-15(33-35(27,28)30-11-13-10-29-21(5,6)32-13)16(34-36(7,8)20(2,3)4)18(31-12)24-9-14(22)17(25)23-19(24)26/h9,12-13,15-16,18H,10-11H2,1-8H3,(H,27,28)(H,23,25,26)/t12-,13-,15-,16-,18-/m1/s1. The van der Waals surface area contributed by atoms with Crippen LogP contribution < -0.4 is 11.2 Å². The molecular weight excluding hydrogens is 518 g/mol. The third-order valence-electron chi connectivity index (χ3n) is 6.60. The molecule has 2 aliphatic rings. The molecular formula is C21H36FN2O10PSi. The molecule has 15 heteroatoms. The number of hydrogen-bond acceptors (Lipinski definition) is 9. The molecule has 6 atom stereocenters. The SMILES string of the molecule is C[C@H]1O[C@@H](n2cc(F)c(=O)[nH]c2=O)[C@H](O[Si](C)(C)C(C)(C)C)[C@@H]1OP(=O)(O)OC[C@H]1COC(C)(C)O1. The molecule has 1 aromatic heterocycles. The minimum Gasteiger partial charge on any atom is -0.407 e. The van der Waals surface area contributed by atoms with Gasteiger partial charge in [-0.25, -0.2) is 9.36 Å². The van der Waals surface area contributed by atoms with Gasteiger partial charge in [0.2, 0.25) is 5.82 Å². The van der Waals surface area contributed by atoms with Gasteiger partial charge in [0.25, 0.3) is 5.56 Å². The van der Waals surface area contributed by atoms with Crippen LogP contribution in [-0.4, -0.2) is 66.2 Å². The van der Waals surface area contributed by atoms with Crippen LogP contribution in [-0.2, 0) is 32.2 Å². The van der Waals surface area contributed by atoms with Crippen LogP contribution >= 0.6 is 7.82 Å². The van der Waals surface area contributed by atoms with Crippen molar-refractivity contribution in [1.29, 1.82) is 0 Å². The zero-order chi connectivity index (χ0) is 27.3. The third-order valence-corrected chi connectivity index (χ3v) is 12.1. The van der Waals surface area contributed by atoms with Gasteiger partial charge in [-0.2, -0.15) is 4.39 Å². The van der Waals surface area contributed by atoms with E-state index in [4.69, 9.17) is 27.7 Å².